The maximum atomic E-state index is 5.48. The van der Waals surface area contributed by atoms with Gasteiger partial charge in [0.05, 0.1) is 13.2 Å². The van der Waals surface area contributed by atoms with Crippen molar-refractivity contribution < 1.29 is 4.74 Å². The normalized spacial score (nSPS) is 18.1. The number of ether oxygens (including phenoxy) is 1. The van der Waals surface area contributed by atoms with Crippen LogP contribution in [0.25, 0.3) is 0 Å². The van der Waals surface area contributed by atoms with Gasteiger partial charge in [-0.25, -0.2) is 0 Å². The van der Waals surface area contributed by atoms with Crippen molar-refractivity contribution in [1.82, 2.24) is 20.4 Å². The van der Waals surface area contributed by atoms with E-state index in [0.717, 1.165) is 58.4 Å². The highest BCUT2D eigenvalue weighted by molar-refractivity contribution is 5.79. The van der Waals surface area contributed by atoms with E-state index in [1.165, 1.54) is 48.2 Å². The molecular weight excluding hydrogens is 398 g/mol. The number of likely N-dealkylation sites (tertiary alicyclic amines) is 1. The molecule has 0 spiro atoms. The highest BCUT2D eigenvalue weighted by Gasteiger charge is 2.13. The molecule has 172 valence electrons. The Balaban J connectivity index is 1.25. The van der Waals surface area contributed by atoms with Gasteiger partial charge < -0.3 is 15.4 Å². The quantitative estimate of drug-likeness (QED) is 0.493. The number of hydrogen-bond acceptors (Lipinski definition) is 4. The molecule has 0 unspecified atom stereocenters. The van der Waals surface area contributed by atoms with Crippen molar-refractivity contribution in [3.05, 3.63) is 70.8 Å². The molecule has 2 heterocycles. The maximum Gasteiger partial charge on any atom is 0.191 e. The largest absolute Gasteiger partial charge is 0.379 e. The lowest BCUT2D eigenvalue weighted by Crippen LogP contribution is -2.37. The summed E-state index contributed by atoms with van der Waals surface area (Å²) in [7, 11) is 1.83. The van der Waals surface area contributed by atoms with E-state index < -0.39 is 0 Å². The molecule has 2 saturated heterocycles. The molecule has 0 atom stereocenters. The second kappa shape index (κ2) is 12.0. The average Bonchev–Trinajstić information content (AvgIpc) is 3.35. The lowest BCUT2D eigenvalue weighted by molar-refractivity contribution is 0.0341. The average molecular weight is 436 g/mol. The number of guanidine groups is 1. The second-order valence-corrected chi connectivity index (χ2v) is 8.74. The van der Waals surface area contributed by atoms with Crippen LogP contribution in [0.3, 0.4) is 0 Å². The van der Waals surface area contributed by atoms with Gasteiger partial charge in [0.15, 0.2) is 5.96 Å². The Kier molecular flexibility index (Phi) is 8.54. The number of morpholine rings is 1. The number of rotatable bonds is 8. The highest BCUT2D eigenvalue weighted by atomic mass is 16.5. The molecule has 4 rings (SSSR count). The Morgan fingerprint density at radius 3 is 2.12 bits per heavy atom. The van der Waals surface area contributed by atoms with Gasteiger partial charge in [-0.05, 0) is 48.2 Å². The Labute approximate surface area is 192 Å². The molecule has 2 aromatic rings. The van der Waals surface area contributed by atoms with Crippen molar-refractivity contribution in [2.45, 2.75) is 39.0 Å². The van der Waals surface area contributed by atoms with E-state index in [-0.39, 0.29) is 0 Å². The van der Waals surface area contributed by atoms with Crippen molar-refractivity contribution in [2.75, 3.05) is 46.4 Å². The van der Waals surface area contributed by atoms with Crippen LogP contribution in [-0.4, -0.2) is 62.2 Å². The van der Waals surface area contributed by atoms with E-state index in [1.807, 2.05) is 7.05 Å². The first-order valence-electron chi connectivity index (χ1n) is 11.9. The molecule has 2 aliphatic rings. The van der Waals surface area contributed by atoms with Crippen LogP contribution in [0, 0.1) is 0 Å². The summed E-state index contributed by atoms with van der Waals surface area (Å²) in [5.41, 5.74) is 5.35. The molecule has 2 N–H and O–H groups in total. The Morgan fingerprint density at radius 1 is 0.781 bits per heavy atom. The zero-order chi connectivity index (χ0) is 22.0. The third-order valence-electron chi connectivity index (χ3n) is 6.37. The molecule has 0 aromatic heterocycles. The molecule has 2 aromatic carbocycles. The van der Waals surface area contributed by atoms with Crippen LogP contribution in [0.1, 0.15) is 35.1 Å². The van der Waals surface area contributed by atoms with Crippen molar-refractivity contribution >= 4 is 5.96 Å². The SMILES string of the molecule is CN=C(NCc1ccc(CN2CCCC2)cc1)NCc1ccccc1CN1CCOCC1. The number of nitrogens with one attached hydrogen (secondary N) is 2. The molecule has 2 fully saturated rings. The fourth-order valence-corrected chi connectivity index (χ4v) is 4.43. The Bertz CT molecular complexity index is 855. The van der Waals surface area contributed by atoms with Crippen LogP contribution in [0.15, 0.2) is 53.5 Å². The van der Waals surface area contributed by atoms with Gasteiger partial charge in [0.25, 0.3) is 0 Å². The third-order valence-corrected chi connectivity index (χ3v) is 6.37. The number of aliphatic imine (C=N–C) groups is 1. The van der Waals surface area contributed by atoms with Crippen molar-refractivity contribution in [3.8, 4) is 0 Å². The lowest BCUT2D eigenvalue weighted by Gasteiger charge is -2.27. The van der Waals surface area contributed by atoms with Crippen molar-refractivity contribution in [2.24, 2.45) is 4.99 Å². The molecule has 6 heteroatoms. The Hall–Kier alpha value is -2.41. The minimum atomic E-state index is 0.759. The number of nitrogens with zero attached hydrogens (tertiary/aromatic N) is 3. The topological polar surface area (TPSA) is 52.1 Å². The van der Waals surface area contributed by atoms with Crippen LogP contribution in [0.4, 0.5) is 0 Å². The molecule has 0 saturated carbocycles. The van der Waals surface area contributed by atoms with E-state index >= 15 is 0 Å². The molecule has 32 heavy (non-hydrogen) atoms. The zero-order valence-electron chi connectivity index (χ0n) is 19.4. The van der Waals surface area contributed by atoms with E-state index in [1.54, 1.807) is 0 Å². The molecule has 6 nitrogen and oxygen atoms in total. The fourth-order valence-electron chi connectivity index (χ4n) is 4.43. The third kappa shape index (κ3) is 6.79. The molecule has 0 amide bonds. The van der Waals surface area contributed by atoms with Gasteiger partial charge in [0, 0.05) is 46.3 Å². The van der Waals surface area contributed by atoms with Gasteiger partial charge >= 0.3 is 0 Å². The summed E-state index contributed by atoms with van der Waals surface area (Å²) in [6.45, 7) is 9.70. The smallest absolute Gasteiger partial charge is 0.191 e. The van der Waals surface area contributed by atoms with Crippen LogP contribution >= 0.6 is 0 Å². The predicted octanol–water partition coefficient (Wildman–Crippen LogP) is 2.98. The fraction of sp³-hybridized carbons (Fsp3) is 0.500. The summed E-state index contributed by atoms with van der Waals surface area (Å²) in [6, 6.07) is 17.6. The van der Waals surface area contributed by atoms with Gasteiger partial charge in [-0.15, -0.1) is 0 Å². The van der Waals surface area contributed by atoms with Crippen molar-refractivity contribution in [3.63, 3.8) is 0 Å². The number of hydrogen-bond donors (Lipinski definition) is 2. The summed E-state index contributed by atoms with van der Waals surface area (Å²) >= 11 is 0. The summed E-state index contributed by atoms with van der Waals surface area (Å²) in [4.78, 5) is 9.41. The zero-order valence-corrected chi connectivity index (χ0v) is 19.4. The van der Waals surface area contributed by atoms with E-state index in [0.29, 0.717) is 0 Å². The van der Waals surface area contributed by atoms with Crippen LogP contribution in [0.5, 0.6) is 0 Å². The van der Waals surface area contributed by atoms with E-state index in [2.05, 4.69) is 74.0 Å². The van der Waals surface area contributed by atoms with Gasteiger partial charge in [-0.1, -0.05) is 48.5 Å². The minimum Gasteiger partial charge on any atom is -0.379 e. The maximum absolute atomic E-state index is 5.48. The van der Waals surface area contributed by atoms with Gasteiger partial charge in [0.1, 0.15) is 0 Å². The van der Waals surface area contributed by atoms with Gasteiger partial charge in [-0.2, -0.15) is 0 Å². The molecule has 0 radical (unpaired) electrons. The van der Waals surface area contributed by atoms with Crippen LogP contribution < -0.4 is 10.6 Å². The van der Waals surface area contributed by atoms with Gasteiger partial charge in [-0.3, -0.25) is 14.8 Å². The first-order chi connectivity index (χ1) is 15.8. The van der Waals surface area contributed by atoms with Crippen LogP contribution in [-0.2, 0) is 30.9 Å². The van der Waals surface area contributed by atoms with Gasteiger partial charge in [0.2, 0.25) is 0 Å². The van der Waals surface area contributed by atoms with E-state index in [4.69, 9.17) is 4.74 Å². The monoisotopic (exact) mass is 435 g/mol. The Morgan fingerprint density at radius 2 is 1.41 bits per heavy atom. The molecule has 0 bridgehead atoms. The summed E-state index contributed by atoms with van der Waals surface area (Å²) in [5, 5.41) is 6.93. The summed E-state index contributed by atoms with van der Waals surface area (Å²) < 4.78 is 5.48. The first-order valence-corrected chi connectivity index (χ1v) is 11.9. The molecule has 2 aliphatic heterocycles. The van der Waals surface area contributed by atoms with E-state index in [9.17, 15) is 0 Å². The minimum absolute atomic E-state index is 0.759. The lowest BCUT2D eigenvalue weighted by atomic mass is 10.1. The molecule has 0 aliphatic carbocycles. The molecular formula is C26H37N5O. The number of benzene rings is 2. The standard InChI is InChI=1S/C26H37N5O/c1-27-26(28-18-22-8-10-23(11-9-22)20-30-12-4-5-13-30)29-19-24-6-2-3-7-25(24)21-31-14-16-32-17-15-31/h2-3,6-11H,4-5,12-21H2,1H3,(H2,27,28,29). The second-order valence-electron chi connectivity index (χ2n) is 8.74. The summed E-state index contributed by atoms with van der Waals surface area (Å²) in [5.74, 6) is 0.826. The highest BCUT2D eigenvalue weighted by Crippen LogP contribution is 2.14. The predicted molar refractivity (Wildman–Crippen MR) is 131 cm³/mol. The van der Waals surface area contributed by atoms with Crippen molar-refractivity contribution in [1.29, 1.82) is 0 Å². The van der Waals surface area contributed by atoms with Crippen LogP contribution in [0.2, 0.25) is 0 Å². The summed E-state index contributed by atoms with van der Waals surface area (Å²) in [6.07, 6.45) is 2.68. The first kappa shape index (κ1) is 22.8.